The zero-order valence-corrected chi connectivity index (χ0v) is 8.80. The van der Waals surface area contributed by atoms with Crippen molar-refractivity contribution in [3.05, 3.63) is 41.5 Å². The molecule has 4 nitrogen and oxygen atoms in total. The summed E-state index contributed by atoms with van der Waals surface area (Å²) >= 11 is 0. The van der Waals surface area contributed by atoms with Gasteiger partial charge in [0.2, 0.25) is 0 Å². The maximum Gasteiger partial charge on any atom is 0.339 e. The SMILES string of the molecule is CCOC(=O)C(=Cc1ccccc1)C(=O)[O-]. The number of benzene rings is 1. The highest BCUT2D eigenvalue weighted by atomic mass is 16.5. The quantitative estimate of drug-likeness (QED) is 0.318. The van der Waals surface area contributed by atoms with Gasteiger partial charge in [-0.2, -0.15) is 0 Å². The van der Waals surface area contributed by atoms with Crippen molar-refractivity contribution in [2.75, 3.05) is 6.61 Å². The van der Waals surface area contributed by atoms with Gasteiger partial charge in [0.15, 0.2) is 0 Å². The van der Waals surface area contributed by atoms with E-state index in [1.165, 1.54) is 6.08 Å². The van der Waals surface area contributed by atoms with Crippen molar-refractivity contribution in [2.45, 2.75) is 6.92 Å². The Morgan fingerprint density at radius 1 is 1.31 bits per heavy atom. The molecule has 1 aromatic carbocycles. The third kappa shape index (κ3) is 3.24. The molecule has 0 bridgehead atoms. The van der Waals surface area contributed by atoms with Crippen LogP contribution in [0, 0.1) is 0 Å². The first-order chi connectivity index (χ1) is 7.65. The average Bonchev–Trinajstić information content (AvgIpc) is 2.27. The number of aliphatic carboxylic acids is 1. The molecule has 0 atom stereocenters. The van der Waals surface area contributed by atoms with Gasteiger partial charge in [0.05, 0.1) is 18.1 Å². The third-order valence-electron chi connectivity index (χ3n) is 1.83. The van der Waals surface area contributed by atoms with Crippen LogP contribution in [0.15, 0.2) is 35.9 Å². The molecule has 0 N–H and O–H groups in total. The zero-order chi connectivity index (χ0) is 12.0. The van der Waals surface area contributed by atoms with Gasteiger partial charge >= 0.3 is 5.97 Å². The lowest BCUT2D eigenvalue weighted by atomic mass is 10.1. The van der Waals surface area contributed by atoms with Crippen LogP contribution in [0.25, 0.3) is 6.08 Å². The Balaban J connectivity index is 2.99. The second kappa shape index (κ2) is 5.70. The van der Waals surface area contributed by atoms with Crippen molar-refractivity contribution < 1.29 is 19.4 Å². The van der Waals surface area contributed by atoms with E-state index in [0.29, 0.717) is 5.56 Å². The fourth-order valence-electron chi connectivity index (χ4n) is 1.13. The van der Waals surface area contributed by atoms with E-state index in [1.54, 1.807) is 37.3 Å². The number of carbonyl (C=O) groups is 2. The molecule has 0 heterocycles. The second-order valence-electron chi connectivity index (χ2n) is 2.98. The van der Waals surface area contributed by atoms with Gasteiger partial charge in [-0.05, 0) is 18.6 Å². The van der Waals surface area contributed by atoms with Crippen LogP contribution in [0.4, 0.5) is 0 Å². The second-order valence-corrected chi connectivity index (χ2v) is 2.98. The monoisotopic (exact) mass is 219 g/mol. The molecule has 0 unspecified atom stereocenters. The van der Waals surface area contributed by atoms with Crippen LogP contribution < -0.4 is 5.11 Å². The zero-order valence-electron chi connectivity index (χ0n) is 8.80. The van der Waals surface area contributed by atoms with Gasteiger partial charge in [0.25, 0.3) is 0 Å². The average molecular weight is 219 g/mol. The largest absolute Gasteiger partial charge is 0.545 e. The summed E-state index contributed by atoms with van der Waals surface area (Å²) in [5.41, 5.74) is 0.128. The lowest BCUT2D eigenvalue weighted by Gasteiger charge is -2.07. The number of ether oxygens (including phenoxy) is 1. The maximum absolute atomic E-state index is 11.3. The Labute approximate surface area is 93.2 Å². The number of esters is 1. The molecule has 0 aliphatic heterocycles. The van der Waals surface area contributed by atoms with E-state index in [0.717, 1.165) is 0 Å². The van der Waals surface area contributed by atoms with Crippen molar-refractivity contribution in [1.29, 1.82) is 0 Å². The molecule has 0 aliphatic carbocycles. The van der Waals surface area contributed by atoms with Crippen molar-refractivity contribution >= 4 is 18.0 Å². The van der Waals surface area contributed by atoms with Crippen molar-refractivity contribution in [3.8, 4) is 0 Å². The highest BCUT2D eigenvalue weighted by Gasteiger charge is 2.11. The predicted octanol–water partition coefficient (Wildman–Crippen LogP) is 0.383. The summed E-state index contributed by atoms with van der Waals surface area (Å²) in [6, 6.07) is 8.64. The van der Waals surface area contributed by atoms with E-state index in [1.807, 2.05) is 0 Å². The fourth-order valence-corrected chi connectivity index (χ4v) is 1.13. The molecule has 1 rings (SSSR count). The summed E-state index contributed by atoms with van der Waals surface area (Å²) in [5, 5.41) is 10.7. The molecular weight excluding hydrogens is 208 g/mol. The van der Waals surface area contributed by atoms with Crippen LogP contribution in [0.1, 0.15) is 12.5 Å². The molecule has 0 aliphatic rings. The molecule has 1 aromatic rings. The molecule has 0 radical (unpaired) electrons. The van der Waals surface area contributed by atoms with Crippen LogP contribution in [-0.4, -0.2) is 18.5 Å². The topological polar surface area (TPSA) is 66.4 Å². The summed E-state index contributed by atoms with van der Waals surface area (Å²) in [4.78, 5) is 22.0. The van der Waals surface area contributed by atoms with Gasteiger partial charge < -0.3 is 14.6 Å². The number of carboxylic acid groups (broad SMARTS) is 1. The normalized spacial score (nSPS) is 10.9. The minimum absolute atomic E-state index is 0.123. The van der Waals surface area contributed by atoms with Gasteiger partial charge in [0.1, 0.15) is 0 Å². The molecule has 0 saturated heterocycles. The smallest absolute Gasteiger partial charge is 0.339 e. The minimum atomic E-state index is -1.54. The summed E-state index contributed by atoms with van der Waals surface area (Å²) in [6.07, 6.45) is 1.23. The summed E-state index contributed by atoms with van der Waals surface area (Å²) < 4.78 is 4.61. The first kappa shape index (κ1) is 12.0. The van der Waals surface area contributed by atoms with Crippen molar-refractivity contribution in [3.63, 3.8) is 0 Å². The van der Waals surface area contributed by atoms with E-state index in [9.17, 15) is 14.7 Å². The molecule has 84 valence electrons. The highest BCUT2D eigenvalue weighted by molar-refractivity contribution is 6.16. The number of hydrogen-bond donors (Lipinski definition) is 0. The number of carboxylic acids is 1. The molecule has 0 spiro atoms. The summed E-state index contributed by atoms with van der Waals surface area (Å²) in [7, 11) is 0. The number of rotatable bonds is 4. The Morgan fingerprint density at radius 3 is 2.44 bits per heavy atom. The lowest BCUT2D eigenvalue weighted by molar-refractivity contribution is -0.298. The predicted molar refractivity (Wildman–Crippen MR) is 56.1 cm³/mol. The van der Waals surface area contributed by atoms with Crippen LogP contribution in [0.3, 0.4) is 0 Å². The minimum Gasteiger partial charge on any atom is -0.545 e. The Kier molecular flexibility index (Phi) is 4.27. The molecule has 0 aromatic heterocycles. The lowest BCUT2D eigenvalue weighted by Crippen LogP contribution is -2.29. The van der Waals surface area contributed by atoms with Crippen LogP contribution in [-0.2, 0) is 14.3 Å². The van der Waals surface area contributed by atoms with Gasteiger partial charge in [-0.1, -0.05) is 30.3 Å². The molecule has 16 heavy (non-hydrogen) atoms. The van der Waals surface area contributed by atoms with E-state index in [-0.39, 0.29) is 6.61 Å². The first-order valence-electron chi connectivity index (χ1n) is 4.80. The van der Waals surface area contributed by atoms with Gasteiger partial charge in [0, 0.05) is 0 Å². The number of hydrogen-bond acceptors (Lipinski definition) is 4. The van der Waals surface area contributed by atoms with Gasteiger partial charge in [-0.25, -0.2) is 4.79 Å². The van der Waals surface area contributed by atoms with Crippen molar-refractivity contribution in [2.24, 2.45) is 0 Å². The third-order valence-corrected chi connectivity index (χ3v) is 1.83. The molecule has 4 heteroatoms. The Hall–Kier alpha value is -2.10. The van der Waals surface area contributed by atoms with E-state index >= 15 is 0 Å². The molecule has 0 saturated carbocycles. The van der Waals surface area contributed by atoms with Crippen molar-refractivity contribution in [1.82, 2.24) is 0 Å². The van der Waals surface area contributed by atoms with Crippen LogP contribution >= 0.6 is 0 Å². The number of carbonyl (C=O) groups excluding carboxylic acids is 2. The van der Waals surface area contributed by atoms with Crippen LogP contribution in [0.2, 0.25) is 0 Å². The molecule has 0 fully saturated rings. The first-order valence-corrected chi connectivity index (χ1v) is 4.80. The summed E-state index contributed by atoms with van der Waals surface area (Å²) in [5.74, 6) is -2.42. The highest BCUT2D eigenvalue weighted by Crippen LogP contribution is 2.07. The fraction of sp³-hybridized carbons (Fsp3) is 0.167. The Bertz CT molecular complexity index is 406. The molecular formula is C12H11O4-. The van der Waals surface area contributed by atoms with E-state index in [2.05, 4.69) is 4.74 Å². The standard InChI is InChI=1S/C12H12O4/c1-2-16-12(15)10(11(13)14)8-9-6-4-3-5-7-9/h3-8H,2H2,1H3,(H,13,14)/p-1. The van der Waals surface area contributed by atoms with Crippen LogP contribution in [0.5, 0.6) is 0 Å². The maximum atomic E-state index is 11.3. The van der Waals surface area contributed by atoms with Gasteiger partial charge in [-0.15, -0.1) is 0 Å². The van der Waals surface area contributed by atoms with E-state index < -0.39 is 17.5 Å². The molecule has 0 amide bonds. The van der Waals surface area contributed by atoms with Gasteiger partial charge in [-0.3, -0.25) is 0 Å². The summed E-state index contributed by atoms with van der Waals surface area (Å²) in [6.45, 7) is 1.73. The van der Waals surface area contributed by atoms with E-state index in [4.69, 9.17) is 0 Å². The Morgan fingerprint density at radius 2 is 1.94 bits per heavy atom.